The van der Waals surface area contributed by atoms with Crippen LogP contribution in [0.2, 0.25) is 0 Å². The summed E-state index contributed by atoms with van der Waals surface area (Å²) in [6.45, 7) is 4.64. The van der Waals surface area contributed by atoms with Crippen LogP contribution in [0.15, 0.2) is 0 Å². The minimum atomic E-state index is -3.27. The number of aliphatic hydroxyl groups is 1. The largest absolute Gasteiger partial charge is 0.393 e. The van der Waals surface area contributed by atoms with Gasteiger partial charge in [0.2, 0.25) is 10.0 Å². The lowest BCUT2D eigenvalue weighted by atomic mass is 10.0. The van der Waals surface area contributed by atoms with Crippen LogP contribution < -0.4 is 5.73 Å². The van der Waals surface area contributed by atoms with Gasteiger partial charge in [-0.3, -0.25) is 0 Å². The molecule has 96 valence electrons. The van der Waals surface area contributed by atoms with Crippen LogP contribution in [-0.4, -0.2) is 48.8 Å². The summed E-state index contributed by atoms with van der Waals surface area (Å²) in [4.78, 5) is 0. The van der Waals surface area contributed by atoms with Crippen LogP contribution in [0.4, 0.5) is 0 Å². The van der Waals surface area contributed by atoms with E-state index in [9.17, 15) is 13.5 Å². The molecule has 3 N–H and O–H groups in total. The SMILES string of the molecule is CCC(CN)S(=O)(=O)N1CCC(C(C)O)C1. The summed E-state index contributed by atoms with van der Waals surface area (Å²) in [5.41, 5.74) is 5.48. The van der Waals surface area contributed by atoms with Crippen LogP contribution in [0.25, 0.3) is 0 Å². The molecule has 1 fully saturated rings. The normalized spacial score (nSPS) is 26.9. The second-order valence-electron chi connectivity index (χ2n) is 4.46. The zero-order chi connectivity index (χ0) is 12.3. The van der Waals surface area contributed by atoms with Gasteiger partial charge in [-0.05, 0) is 25.7 Å². The molecule has 0 radical (unpaired) electrons. The molecule has 1 aliphatic heterocycles. The van der Waals surface area contributed by atoms with Crippen molar-refractivity contribution in [1.29, 1.82) is 0 Å². The van der Waals surface area contributed by atoms with Gasteiger partial charge in [-0.15, -0.1) is 0 Å². The molecule has 0 aliphatic carbocycles. The number of hydrogen-bond donors (Lipinski definition) is 2. The number of sulfonamides is 1. The highest BCUT2D eigenvalue weighted by Crippen LogP contribution is 2.24. The summed E-state index contributed by atoms with van der Waals surface area (Å²) < 4.78 is 25.7. The minimum absolute atomic E-state index is 0.0602. The summed E-state index contributed by atoms with van der Waals surface area (Å²) in [5, 5.41) is 8.96. The molecule has 1 rings (SSSR count). The van der Waals surface area contributed by atoms with Crippen molar-refractivity contribution in [2.24, 2.45) is 11.7 Å². The van der Waals surface area contributed by atoms with Crippen LogP contribution in [0, 0.1) is 5.92 Å². The van der Waals surface area contributed by atoms with Crippen LogP contribution >= 0.6 is 0 Å². The predicted molar refractivity (Wildman–Crippen MR) is 63.4 cm³/mol. The molecule has 3 unspecified atom stereocenters. The fourth-order valence-electron chi connectivity index (χ4n) is 2.09. The Morgan fingerprint density at radius 3 is 2.56 bits per heavy atom. The zero-order valence-electron chi connectivity index (χ0n) is 9.96. The van der Waals surface area contributed by atoms with Gasteiger partial charge in [0.05, 0.1) is 11.4 Å². The Bertz CT molecular complexity index is 312. The Labute approximate surface area is 97.7 Å². The van der Waals surface area contributed by atoms with Gasteiger partial charge in [0.15, 0.2) is 0 Å². The average molecular weight is 250 g/mol. The summed E-state index contributed by atoms with van der Waals surface area (Å²) in [7, 11) is -3.27. The molecule has 1 saturated heterocycles. The van der Waals surface area contributed by atoms with E-state index in [4.69, 9.17) is 5.73 Å². The number of rotatable bonds is 5. The average Bonchev–Trinajstić information content (AvgIpc) is 2.68. The van der Waals surface area contributed by atoms with Gasteiger partial charge in [0.1, 0.15) is 0 Å². The maximum Gasteiger partial charge on any atom is 0.218 e. The maximum atomic E-state index is 12.1. The molecule has 1 heterocycles. The molecule has 3 atom stereocenters. The van der Waals surface area contributed by atoms with E-state index >= 15 is 0 Å². The van der Waals surface area contributed by atoms with Crippen LogP contribution in [0.1, 0.15) is 26.7 Å². The van der Waals surface area contributed by atoms with Crippen molar-refractivity contribution in [2.45, 2.75) is 38.0 Å². The second kappa shape index (κ2) is 5.44. The first-order valence-electron chi connectivity index (χ1n) is 5.80. The molecule has 6 heteroatoms. The Balaban J connectivity index is 2.72. The molecule has 0 bridgehead atoms. The molecule has 0 amide bonds. The smallest absolute Gasteiger partial charge is 0.218 e. The van der Waals surface area contributed by atoms with Crippen molar-refractivity contribution in [3.63, 3.8) is 0 Å². The maximum absolute atomic E-state index is 12.1. The first kappa shape index (κ1) is 13.9. The number of aliphatic hydroxyl groups excluding tert-OH is 1. The highest BCUT2D eigenvalue weighted by atomic mass is 32.2. The van der Waals surface area contributed by atoms with Crippen LogP contribution in [0.5, 0.6) is 0 Å². The van der Waals surface area contributed by atoms with E-state index in [0.717, 1.165) is 6.42 Å². The van der Waals surface area contributed by atoms with E-state index in [0.29, 0.717) is 19.5 Å². The summed E-state index contributed by atoms with van der Waals surface area (Å²) in [6, 6.07) is 0. The van der Waals surface area contributed by atoms with Crippen molar-refractivity contribution in [2.75, 3.05) is 19.6 Å². The highest BCUT2D eigenvalue weighted by Gasteiger charge is 2.36. The third-order valence-corrected chi connectivity index (χ3v) is 5.79. The molecule has 0 aromatic heterocycles. The number of hydrogen-bond acceptors (Lipinski definition) is 4. The van der Waals surface area contributed by atoms with Gasteiger partial charge in [-0.25, -0.2) is 12.7 Å². The van der Waals surface area contributed by atoms with Crippen molar-refractivity contribution >= 4 is 10.0 Å². The van der Waals surface area contributed by atoms with Crippen molar-refractivity contribution in [1.82, 2.24) is 4.31 Å². The van der Waals surface area contributed by atoms with Crippen LogP contribution in [0.3, 0.4) is 0 Å². The van der Waals surface area contributed by atoms with Crippen LogP contribution in [-0.2, 0) is 10.0 Å². The lowest BCUT2D eigenvalue weighted by Gasteiger charge is -2.22. The predicted octanol–water partition coefficient (Wildman–Crippen LogP) is -0.244. The number of nitrogens with two attached hydrogens (primary N) is 1. The van der Waals surface area contributed by atoms with Gasteiger partial charge in [0.25, 0.3) is 0 Å². The number of nitrogens with zero attached hydrogens (tertiary/aromatic N) is 1. The Morgan fingerprint density at radius 1 is 1.56 bits per heavy atom. The molecule has 0 saturated carbocycles. The third-order valence-electron chi connectivity index (χ3n) is 3.37. The second-order valence-corrected chi connectivity index (χ2v) is 6.67. The van der Waals surface area contributed by atoms with E-state index in [1.54, 1.807) is 6.92 Å². The topological polar surface area (TPSA) is 83.6 Å². The lowest BCUT2D eigenvalue weighted by Crippen LogP contribution is -2.41. The molecule has 1 aliphatic rings. The summed E-state index contributed by atoms with van der Waals surface area (Å²) in [6.07, 6.45) is 0.824. The zero-order valence-corrected chi connectivity index (χ0v) is 10.8. The van der Waals surface area contributed by atoms with Gasteiger partial charge in [0, 0.05) is 19.6 Å². The Hall–Kier alpha value is -0.170. The first-order chi connectivity index (χ1) is 7.43. The van der Waals surface area contributed by atoms with E-state index in [1.165, 1.54) is 4.31 Å². The van der Waals surface area contributed by atoms with Gasteiger partial charge < -0.3 is 10.8 Å². The fourth-order valence-corrected chi connectivity index (χ4v) is 3.93. The monoisotopic (exact) mass is 250 g/mol. The quantitative estimate of drug-likeness (QED) is 0.705. The third kappa shape index (κ3) is 2.74. The van der Waals surface area contributed by atoms with Crippen molar-refractivity contribution in [3.8, 4) is 0 Å². The fraction of sp³-hybridized carbons (Fsp3) is 1.00. The molecule has 0 spiro atoms. The van der Waals surface area contributed by atoms with Crippen molar-refractivity contribution < 1.29 is 13.5 Å². The van der Waals surface area contributed by atoms with E-state index in [2.05, 4.69) is 0 Å². The molecule has 5 nitrogen and oxygen atoms in total. The molecular formula is C10H22N2O3S. The van der Waals surface area contributed by atoms with E-state index in [-0.39, 0.29) is 12.5 Å². The van der Waals surface area contributed by atoms with Gasteiger partial charge in [-0.2, -0.15) is 0 Å². The first-order valence-corrected chi connectivity index (χ1v) is 7.30. The van der Waals surface area contributed by atoms with E-state index < -0.39 is 21.4 Å². The Kier molecular flexibility index (Phi) is 4.73. The molecule has 16 heavy (non-hydrogen) atoms. The standard InChI is InChI=1S/C10H22N2O3S/c1-3-10(6-11)16(14,15)12-5-4-9(7-12)8(2)13/h8-10,13H,3-7,11H2,1-2H3. The minimum Gasteiger partial charge on any atom is -0.393 e. The molecule has 0 aromatic carbocycles. The summed E-state index contributed by atoms with van der Waals surface area (Å²) >= 11 is 0. The van der Waals surface area contributed by atoms with Gasteiger partial charge in [-0.1, -0.05) is 6.92 Å². The summed E-state index contributed by atoms with van der Waals surface area (Å²) in [5.74, 6) is 0.0602. The van der Waals surface area contributed by atoms with E-state index in [1.807, 2.05) is 6.92 Å². The highest BCUT2D eigenvalue weighted by molar-refractivity contribution is 7.89. The lowest BCUT2D eigenvalue weighted by molar-refractivity contribution is 0.132. The van der Waals surface area contributed by atoms with Gasteiger partial charge >= 0.3 is 0 Å². The molecule has 0 aromatic rings. The molecular weight excluding hydrogens is 228 g/mol. The Morgan fingerprint density at radius 2 is 2.19 bits per heavy atom. The van der Waals surface area contributed by atoms with Crippen molar-refractivity contribution in [3.05, 3.63) is 0 Å².